The Morgan fingerprint density at radius 1 is 1.07 bits per heavy atom. The van der Waals surface area contributed by atoms with E-state index in [0.717, 1.165) is 11.8 Å². The van der Waals surface area contributed by atoms with E-state index in [1.54, 1.807) is 37.3 Å². The number of thioether (sulfide) groups is 1. The van der Waals surface area contributed by atoms with Crippen molar-refractivity contribution in [1.29, 1.82) is 0 Å². The number of carbonyl (C=O) groups is 3. The quantitative estimate of drug-likeness (QED) is 0.307. The molecule has 0 spiro atoms. The monoisotopic (exact) mass is 417 g/mol. The van der Waals surface area contributed by atoms with Gasteiger partial charge in [0.1, 0.15) is 5.25 Å². The number of carbonyl (C=O) groups excluding carboxylic acids is 3. The first kappa shape index (κ1) is 21.9. The number of ether oxygens (including phenoxy) is 1. The molecule has 152 valence electrons. The summed E-state index contributed by atoms with van der Waals surface area (Å²) in [5.74, 6) is -1.45. The molecule has 0 aliphatic rings. The summed E-state index contributed by atoms with van der Waals surface area (Å²) < 4.78 is 5.38. The maximum Gasteiger partial charge on any atom is 0.321 e. The van der Waals surface area contributed by atoms with Crippen LogP contribution < -0.4 is 10.6 Å². The van der Waals surface area contributed by atoms with Crippen LogP contribution >= 0.6 is 11.8 Å². The third-order valence-electron chi connectivity index (χ3n) is 3.73. The topological polar surface area (TPSA) is 128 Å². The number of esters is 1. The first-order valence-electron chi connectivity index (χ1n) is 8.51. The predicted molar refractivity (Wildman–Crippen MR) is 106 cm³/mol. The Morgan fingerprint density at radius 3 is 2.24 bits per heavy atom. The smallest absolute Gasteiger partial charge is 0.321 e. The molecule has 0 heterocycles. The van der Waals surface area contributed by atoms with Crippen molar-refractivity contribution < 1.29 is 24.0 Å². The van der Waals surface area contributed by atoms with Crippen molar-refractivity contribution in [2.75, 3.05) is 7.05 Å². The van der Waals surface area contributed by atoms with Gasteiger partial charge < -0.3 is 10.1 Å². The number of rotatable bonds is 7. The number of nitro groups is 1. The molecule has 9 nitrogen and oxygen atoms in total. The molecule has 2 N–H and O–H groups in total. The second-order valence-corrected chi connectivity index (χ2v) is 7.22. The summed E-state index contributed by atoms with van der Waals surface area (Å²) in [6, 6.07) is 13.3. The molecule has 3 amide bonds. The van der Waals surface area contributed by atoms with Gasteiger partial charge in [0.2, 0.25) is 6.10 Å². The van der Waals surface area contributed by atoms with Gasteiger partial charge in [-0.15, -0.1) is 11.8 Å². The maximum absolute atomic E-state index is 12.5. The van der Waals surface area contributed by atoms with Crippen LogP contribution in [0.5, 0.6) is 0 Å². The van der Waals surface area contributed by atoms with Crippen molar-refractivity contribution >= 4 is 35.4 Å². The van der Waals surface area contributed by atoms with Gasteiger partial charge in [0.15, 0.2) is 0 Å². The minimum absolute atomic E-state index is 0.0559. The van der Waals surface area contributed by atoms with Crippen molar-refractivity contribution in [1.82, 2.24) is 10.6 Å². The van der Waals surface area contributed by atoms with Crippen LogP contribution in [0.25, 0.3) is 0 Å². The lowest BCUT2D eigenvalue weighted by Gasteiger charge is -2.19. The van der Waals surface area contributed by atoms with E-state index in [4.69, 9.17) is 4.74 Å². The van der Waals surface area contributed by atoms with Crippen molar-refractivity contribution in [3.8, 4) is 0 Å². The highest BCUT2D eigenvalue weighted by atomic mass is 32.2. The van der Waals surface area contributed by atoms with E-state index in [1.807, 2.05) is 0 Å². The Labute approximate surface area is 171 Å². The molecule has 29 heavy (non-hydrogen) atoms. The van der Waals surface area contributed by atoms with Crippen molar-refractivity contribution in [2.45, 2.75) is 23.2 Å². The zero-order valence-electron chi connectivity index (χ0n) is 15.7. The molecule has 0 radical (unpaired) electrons. The molecular formula is C19H19N3O6S. The van der Waals surface area contributed by atoms with E-state index in [9.17, 15) is 24.5 Å². The summed E-state index contributed by atoms with van der Waals surface area (Å²) in [6.45, 7) is 1.59. The average Bonchev–Trinajstić information content (AvgIpc) is 2.72. The van der Waals surface area contributed by atoms with Gasteiger partial charge in [0.25, 0.3) is 11.6 Å². The molecule has 0 unspecified atom stereocenters. The van der Waals surface area contributed by atoms with Crippen LogP contribution in [0.4, 0.5) is 10.5 Å². The van der Waals surface area contributed by atoms with Crippen LogP contribution in [-0.4, -0.2) is 35.1 Å². The summed E-state index contributed by atoms with van der Waals surface area (Å²) in [4.78, 5) is 47.2. The fraction of sp³-hybridized carbons (Fsp3) is 0.211. The Hall–Kier alpha value is -3.40. The molecule has 2 aromatic carbocycles. The number of benzene rings is 2. The number of non-ortho nitro benzene ring substituents is 1. The summed E-state index contributed by atoms with van der Waals surface area (Å²) in [6.07, 6.45) is -1.30. The molecule has 0 saturated heterocycles. The van der Waals surface area contributed by atoms with Gasteiger partial charge >= 0.3 is 12.0 Å². The maximum atomic E-state index is 12.5. The molecule has 0 fully saturated rings. The molecule has 10 heteroatoms. The highest BCUT2D eigenvalue weighted by molar-refractivity contribution is 8.00. The van der Waals surface area contributed by atoms with E-state index in [1.165, 1.54) is 31.3 Å². The number of hydrogen-bond acceptors (Lipinski definition) is 7. The lowest BCUT2D eigenvalue weighted by molar-refractivity contribution is -0.384. The molecule has 0 bridgehead atoms. The van der Waals surface area contributed by atoms with Crippen LogP contribution in [0.3, 0.4) is 0 Å². The first-order valence-corrected chi connectivity index (χ1v) is 9.39. The third-order valence-corrected chi connectivity index (χ3v) is 4.82. The van der Waals surface area contributed by atoms with E-state index in [-0.39, 0.29) is 5.69 Å². The highest BCUT2D eigenvalue weighted by Crippen LogP contribution is 2.28. The van der Waals surface area contributed by atoms with E-state index in [2.05, 4.69) is 10.6 Å². The second kappa shape index (κ2) is 10.2. The lowest BCUT2D eigenvalue weighted by Crippen LogP contribution is -2.41. The zero-order valence-corrected chi connectivity index (χ0v) is 16.5. The SMILES string of the molecule is CNC(=O)NC(=O)[C@H](OC(=O)[C@@H](C)Sc1ccc([N+](=O)[O-])cc1)c1ccccc1. The molecular weight excluding hydrogens is 398 g/mol. The normalized spacial score (nSPS) is 12.3. The Bertz CT molecular complexity index is 889. The molecule has 2 aromatic rings. The number of urea groups is 1. The van der Waals surface area contributed by atoms with Crippen molar-refractivity contribution in [3.63, 3.8) is 0 Å². The van der Waals surface area contributed by atoms with Crippen molar-refractivity contribution in [3.05, 3.63) is 70.3 Å². The lowest BCUT2D eigenvalue weighted by atomic mass is 10.1. The number of imide groups is 1. The van der Waals surface area contributed by atoms with Gasteiger partial charge in [-0.1, -0.05) is 30.3 Å². The van der Waals surface area contributed by atoms with Crippen LogP contribution in [0.2, 0.25) is 0 Å². The summed E-state index contributed by atoms with van der Waals surface area (Å²) in [5, 5.41) is 14.4. The summed E-state index contributed by atoms with van der Waals surface area (Å²) in [7, 11) is 1.36. The van der Waals surface area contributed by atoms with Gasteiger partial charge in [-0.25, -0.2) is 4.79 Å². The van der Waals surface area contributed by atoms with Crippen LogP contribution in [0.15, 0.2) is 59.5 Å². The second-order valence-electron chi connectivity index (χ2n) is 5.81. The zero-order chi connectivity index (χ0) is 21.4. The highest BCUT2D eigenvalue weighted by Gasteiger charge is 2.28. The van der Waals surface area contributed by atoms with Crippen LogP contribution in [0, 0.1) is 10.1 Å². The number of hydrogen-bond donors (Lipinski definition) is 2. The fourth-order valence-electron chi connectivity index (χ4n) is 2.25. The van der Waals surface area contributed by atoms with Gasteiger partial charge in [-0.2, -0.15) is 0 Å². The van der Waals surface area contributed by atoms with Crippen LogP contribution in [0.1, 0.15) is 18.6 Å². The minimum Gasteiger partial charge on any atom is -0.446 e. The molecule has 2 rings (SSSR count). The molecule has 0 saturated carbocycles. The number of nitro benzene ring substituents is 1. The predicted octanol–water partition coefficient (Wildman–Crippen LogP) is 2.82. The molecule has 2 atom stereocenters. The van der Waals surface area contributed by atoms with E-state index < -0.39 is 34.2 Å². The Morgan fingerprint density at radius 2 is 1.69 bits per heavy atom. The Kier molecular flexibility index (Phi) is 7.72. The summed E-state index contributed by atoms with van der Waals surface area (Å²) in [5.41, 5.74) is 0.356. The minimum atomic E-state index is -1.30. The first-order chi connectivity index (χ1) is 13.8. The molecule has 0 aliphatic heterocycles. The summed E-state index contributed by atoms with van der Waals surface area (Å²) >= 11 is 1.13. The van der Waals surface area contributed by atoms with E-state index in [0.29, 0.717) is 10.5 Å². The molecule has 0 aromatic heterocycles. The number of nitrogens with zero attached hydrogens (tertiary/aromatic N) is 1. The van der Waals surface area contributed by atoms with Gasteiger partial charge in [-0.05, 0) is 19.1 Å². The average molecular weight is 417 g/mol. The standard InChI is InChI=1S/C19H19N3O6S/c1-12(29-15-10-8-14(9-11-15)22(26)27)18(24)28-16(13-6-4-3-5-7-13)17(23)21-19(25)20-2/h3-12,16H,1-2H3,(H2,20,21,23,25)/t12-,16-/m1/s1. The Balaban J connectivity index is 2.10. The largest absolute Gasteiger partial charge is 0.446 e. The van der Waals surface area contributed by atoms with E-state index >= 15 is 0 Å². The van der Waals surface area contributed by atoms with Gasteiger partial charge in [0.05, 0.1) is 4.92 Å². The van der Waals surface area contributed by atoms with Crippen LogP contribution in [-0.2, 0) is 14.3 Å². The third kappa shape index (κ3) is 6.32. The number of amides is 3. The van der Waals surface area contributed by atoms with Gasteiger partial charge in [0, 0.05) is 29.6 Å². The van der Waals surface area contributed by atoms with Crippen molar-refractivity contribution in [2.24, 2.45) is 0 Å². The number of nitrogens with one attached hydrogen (secondary N) is 2. The fourth-order valence-corrected chi connectivity index (χ4v) is 3.10. The molecule has 0 aliphatic carbocycles. The van der Waals surface area contributed by atoms with Gasteiger partial charge in [-0.3, -0.25) is 25.0 Å².